The molecule has 21 heavy (non-hydrogen) atoms. The minimum atomic E-state index is -0.114. The number of carbonyl (C=O) groups excluding carboxylic acids is 1. The van der Waals surface area contributed by atoms with Crippen LogP contribution in [0.15, 0.2) is 10.7 Å². The second-order valence-corrected chi connectivity index (χ2v) is 5.68. The van der Waals surface area contributed by atoms with Crippen molar-refractivity contribution in [2.45, 2.75) is 45.6 Å². The van der Waals surface area contributed by atoms with Crippen molar-refractivity contribution in [1.82, 2.24) is 25.0 Å². The molecule has 2 aromatic rings. The molecule has 112 valence electrons. The molecular weight excluding hydrogens is 270 g/mol. The molecule has 2 aromatic heterocycles. The molecule has 1 aliphatic heterocycles. The molecule has 0 aromatic carbocycles. The predicted octanol–water partition coefficient (Wildman–Crippen LogP) is 2.20. The molecule has 0 unspecified atom stereocenters. The zero-order chi connectivity index (χ0) is 15.0. The molecule has 3 heterocycles. The Labute approximate surface area is 122 Å². The van der Waals surface area contributed by atoms with Gasteiger partial charge in [-0.3, -0.25) is 4.79 Å². The zero-order valence-corrected chi connectivity index (χ0v) is 12.5. The lowest BCUT2D eigenvalue weighted by atomic mass is 10.2. The number of aromatic nitrogens is 4. The molecule has 7 nitrogen and oxygen atoms in total. The van der Waals surface area contributed by atoms with E-state index < -0.39 is 0 Å². The smallest absolute Gasteiger partial charge is 0.272 e. The van der Waals surface area contributed by atoms with Crippen molar-refractivity contribution in [1.29, 1.82) is 0 Å². The maximum absolute atomic E-state index is 12.6. The summed E-state index contributed by atoms with van der Waals surface area (Å²) in [5.41, 5.74) is 0.506. The van der Waals surface area contributed by atoms with E-state index in [9.17, 15) is 4.79 Å². The van der Waals surface area contributed by atoms with E-state index in [1.807, 2.05) is 20.8 Å². The Kier molecular flexibility index (Phi) is 3.48. The molecule has 0 bridgehead atoms. The van der Waals surface area contributed by atoms with Crippen LogP contribution >= 0.6 is 0 Å². The Balaban J connectivity index is 1.83. The van der Waals surface area contributed by atoms with E-state index in [1.54, 1.807) is 11.1 Å². The van der Waals surface area contributed by atoms with Crippen molar-refractivity contribution < 1.29 is 9.32 Å². The van der Waals surface area contributed by atoms with Gasteiger partial charge in [-0.05, 0) is 19.8 Å². The summed E-state index contributed by atoms with van der Waals surface area (Å²) < 4.78 is 5.26. The van der Waals surface area contributed by atoms with Crippen LogP contribution in [0.2, 0.25) is 0 Å². The van der Waals surface area contributed by atoms with Crippen LogP contribution in [0.3, 0.4) is 0 Å². The molecule has 0 radical (unpaired) electrons. The average Bonchev–Trinajstić information content (AvgIpc) is 3.17. The van der Waals surface area contributed by atoms with Gasteiger partial charge in [0.05, 0.1) is 12.2 Å². The van der Waals surface area contributed by atoms with Gasteiger partial charge in [-0.25, -0.2) is 4.98 Å². The fraction of sp³-hybridized carbons (Fsp3) is 0.571. The van der Waals surface area contributed by atoms with Gasteiger partial charge in [0.2, 0.25) is 5.89 Å². The Morgan fingerprint density at radius 1 is 1.52 bits per heavy atom. The Morgan fingerprint density at radius 2 is 2.33 bits per heavy atom. The Hall–Kier alpha value is -2.18. The van der Waals surface area contributed by atoms with Crippen LogP contribution < -0.4 is 0 Å². The largest absolute Gasteiger partial charge is 0.339 e. The van der Waals surface area contributed by atoms with Gasteiger partial charge in [0, 0.05) is 12.5 Å². The third-order valence-electron chi connectivity index (χ3n) is 3.70. The van der Waals surface area contributed by atoms with Gasteiger partial charge in [-0.2, -0.15) is 4.98 Å². The topological polar surface area (TPSA) is 87.9 Å². The van der Waals surface area contributed by atoms with Gasteiger partial charge >= 0.3 is 0 Å². The van der Waals surface area contributed by atoms with Crippen molar-refractivity contribution in [2.24, 2.45) is 0 Å². The fourth-order valence-corrected chi connectivity index (χ4v) is 2.58. The first-order valence-electron chi connectivity index (χ1n) is 7.22. The van der Waals surface area contributed by atoms with Crippen molar-refractivity contribution in [3.63, 3.8) is 0 Å². The van der Waals surface area contributed by atoms with Gasteiger partial charge in [0.1, 0.15) is 11.5 Å². The molecule has 1 atom stereocenters. The van der Waals surface area contributed by atoms with E-state index in [2.05, 4.69) is 20.1 Å². The molecular formula is C14H19N5O2. The Morgan fingerprint density at radius 3 is 2.95 bits per heavy atom. The van der Waals surface area contributed by atoms with Crippen molar-refractivity contribution in [3.8, 4) is 0 Å². The monoisotopic (exact) mass is 289 g/mol. The molecule has 7 heteroatoms. The molecule has 1 amide bonds. The number of hydrogen-bond donors (Lipinski definition) is 1. The zero-order valence-electron chi connectivity index (χ0n) is 12.5. The molecule has 3 rings (SSSR count). The van der Waals surface area contributed by atoms with Gasteiger partial charge < -0.3 is 14.4 Å². The van der Waals surface area contributed by atoms with E-state index >= 15 is 0 Å². The quantitative estimate of drug-likeness (QED) is 0.935. The fourth-order valence-electron chi connectivity index (χ4n) is 2.58. The van der Waals surface area contributed by atoms with Crippen LogP contribution in [0.25, 0.3) is 0 Å². The molecule has 1 N–H and O–H groups in total. The lowest BCUT2D eigenvalue weighted by molar-refractivity contribution is 0.0723. The number of carbonyl (C=O) groups is 1. The van der Waals surface area contributed by atoms with Crippen LogP contribution in [0.5, 0.6) is 0 Å². The average molecular weight is 289 g/mol. The highest BCUT2D eigenvalue weighted by Crippen LogP contribution is 2.31. The van der Waals surface area contributed by atoms with E-state index in [1.165, 1.54) is 0 Å². The number of nitrogens with one attached hydrogen (secondary N) is 1. The molecule has 1 saturated heterocycles. The maximum Gasteiger partial charge on any atom is 0.272 e. The van der Waals surface area contributed by atoms with Gasteiger partial charge in [0.15, 0.2) is 5.82 Å². The second kappa shape index (κ2) is 5.31. The number of H-pyrrole nitrogens is 1. The standard InChI is InChI=1S/C14H19N5O2/c1-8(2)13-17-12(18-21-13)11-5-4-6-19(11)14(20)10-7-15-9(3)16-10/h7-8,11H,4-6H2,1-3H3,(H,15,16)/t11-/m1/s1. The lowest BCUT2D eigenvalue weighted by Crippen LogP contribution is -2.31. The normalized spacial score (nSPS) is 18.7. The van der Waals surface area contributed by atoms with Crippen LogP contribution in [0.4, 0.5) is 0 Å². The summed E-state index contributed by atoms with van der Waals surface area (Å²) in [4.78, 5) is 25.8. The van der Waals surface area contributed by atoms with Gasteiger partial charge in [-0.15, -0.1) is 0 Å². The van der Waals surface area contributed by atoms with Crippen LogP contribution in [0, 0.1) is 6.92 Å². The number of amides is 1. The summed E-state index contributed by atoms with van der Waals surface area (Å²) in [6.45, 7) is 6.53. The summed E-state index contributed by atoms with van der Waals surface area (Å²) in [7, 11) is 0. The van der Waals surface area contributed by atoms with Crippen molar-refractivity contribution >= 4 is 5.91 Å². The SMILES string of the molecule is Cc1ncc(C(=O)N2CCC[C@@H]2c2noc(C(C)C)n2)[nH]1. The van der Waals surface area contributed by atoms with Crippen molar-refractivity contribution in [2.75, 3.05) is 6.54 Å². The Bertz CT molecular complexity index is 645. The predicted molar refractivity (Wildman–Crippen MR) is 74.7 cm³/mol. The highest BCUT2D eigenvalue weighted by molar-refractivity contribution is 5.92. The summed E-state index contributed by atoms with van der Waals surface area (Å²) in [5.74, 6) is 2.07. The van der Waals surface area contributed by atoms with E-state index in [4.69, 9.17) is 4.52 Å². The first-order chi connectivity index (χ1) is 10.1. The number of rotatable bonds is 3. The van der Waals surface area contributed by atoms with Crippen LogP contribution in [-0.4, -0.2) is 37.5 Å². The van der Waals surface area contributed by atoms with E-state index in [0.717, 1.165) is 18.7 Å². The third-order valence-corrected chi connectivity index (χ3v) is 3.70. The third kappa shape index (κ3) is 2.55. The van der Waals surface area contributed by atoms with Crippen LogP contribution in [0.1, 0.15) is 66.7 Å². The molecule has 0 aliphatic carbocycles. The highest BCUT2D eigenvalue weighted by atomic mass is 16.5. The minimum Gasteiger partial charge on any atom is -0.339 e. The molecule has 1 fully saturated rings. The van der Waals surface area contributed by atoms with E-state index in [-0.39, 0.29) is 17.9 Å². The molecule has 0 saturated carbocycles. The number of aryl methyl sites for hydroxylation is 1. The number of nitrogens with zero attached hydrogens (tertiary/aromatic N) is 4. The second-order valence-electron chi connectivity index (χ2n) is 5.68. The summed E-state index contributed by atoms with van der Waals surface area (Å²) >= 11 is 0. The van der Waals surface area contributed by atoms with Crippen LogP contribution in [-0.2, 0) is 0 Å². The highest BCUT2D eigenvalue weighted by Gasteiger charge is 2.34. The first-order valence-corrected chi connectivity index (χ1v) is 7.22. The number of hydrogen-bond acceptors (Lipinski definition) is 5. The minimum absolute atomic E-state index is 0.0611. The molecule has 0 spiro atoms. The summed E-state index contributed by atoms with van der Waals surface area (Å²) in [6, 6.07) is -0.114. The number of likely N-dealkylation sites (tertiary alicyclic amines) is 1. The first kappa shape index (κ1) is 13.8. The van der Waals surface area contributed by atoms with E-state index in [0.29, 0.717) is 24.0 Å². The maximum atomic E-state index is 12.6. The number of aromatic amines is 1. The number of imidazole rings is 1. The van der Waals surface area contributed by atoms with Gasteiger partial charge in [0.25, 0.3) is 5.91 Å². The molecule has 1 aliphatic rings. The van der Waals surface area contributed by atoms with Crippen molar-refractivity contribution in [3.05, 3.63) is 29.4 Å². The summed E-state index contributed by atoms with van der Waals surface area (Å²) in [6.07, 6.45) is 3.37. The van der Waals surface area contributed by atoms with Gasteiger partial charge in [-0.1, -0.05) is 19.0 Å². The lowest BCUT2D eigenvalue weighted by Gasteiger charge is -2.21. The summed E-state index contributed by atoms with van der Waals surface area (Å²) in [5, 5.41) is 4.05.